The maximum Gasteiger partial charge on any atom is 0.416 e. The van der Waals surface area contributed by atoms with Gasteiger partial charge in [-0.15, -0.1) is 0 Å². The number of anilines is 1. The van der Waals surface area contributed by atoms with E-state index in [2.05, 4.69) is 22.3 Å². The van der Waals surface area contributed by atoms with E-state index in [0.717, 1.165) is 27.9 Å². The molecule has 0 spiro atoms. The first-order valence-electron chi connectivity index (χ1n) is 14.1. The first kappa shape index (κ1) is 30.3. The van der Waals surface area contributed by atoms with Gasteiger partial charge in [0.1, 0.15) is 5.82 Å². The van der Waals surface area contributed by atoms with Crippen molar-refractivity contribution in [3.63, 3.8) is 0 Å². The number of rotatable bonds is 8. The zero-order chi connectivity index (χ0) is 31.0. The van der Waals surface area contributed by atoms with Crippen molar-refractivity contribution in [1.82, 2.24) is 15.1 Å². The molecule has 0 radical (unpaired) electrons. The molecule has 0 aliphatic carbocycles. The fourth-order valence-electron chi connectivity index (χ4n) is 5.82. The number of hydrogen-bond donors (Lipinski definition) is 2. The van der Waals surface area contributed by atoms with E-state index in [1.165, 1.54) is 12.3 Å². The van der Waals surface area contributed by atoms with E-state index in [-0.39, 0.29) is 12.2 Å². The topological polar surface area (TPSA) is 41.9 Å². The molecule has 10 heteroatoms. The zero-order valence-corrected chi connectivity index (χ0v) is 23.7. The lowest BCUT2D eigenvalue weighted by Gasteiger charge is -2.37. The Labute approximate surface area is 246 Å². The number of aromatic nitrogens is 2. The lowest BCUT2D eigenvalue weighted by molar-refractivity contribution is -0.173. The molecule has 3 aromatic carbocycles. The smallest absolute Gasteiger partial charge is 0.375 e. The molecule has 226 valence electrons. The summed E-state index contributed by atoms with van der Waals surface area (Å²) in [6, 6.07) is 19.0. The molecular weight excluding hydrogens is 566 g/mol. The second-order valence-corrected chi connectivity index (χ2v) is 10.8. The van der Waals surface area contributed by atoms with Crippen LogP contribution in [0, 0.1) is 0 Å². The molecule has 1 aliphatic rings. The van der Waals surface area contributed by atoms with Crippen molar-refractivity contribution in [2.45, 2.75) is 63.1 Å². The second-order valence-electron chi connectivity index (χ2n) is 10.8. The molecule has 1 aromatic heterocycles. The fourth-order valence-corrected chi connectivity index (χ4v) is 5.82. The van der Waals surface area contributed by atoms with Gasteiger partial charge in [-0.05, 0) is 53.3 Å². The maximum atomic E-state index is 14.2. The summed E-state index contributed by atoms with van der Waals surface area (Å²) in [4.78, 5) is 0. The molecule has 0 fully saturated rings. The van der Waals surface area contributed by atoms with Gasteiger partial charge in [0.15, 0.2) is 6.04 Å². The molecule has 1 aliphatic heterocycles. The van der Waals surface area contributed by atoms with Crippen molar-refractivity contribution >= 4 is 11.5 Å². The molecule has 2 N–H and O–H groups in total. The Morgan fingerprint density at radius 1 is 0.884 bits per heavy atom. The summed E-state index contributed by atoms with van der Waals surface area (Å²) in [7, 11) is 0. The van der Waals surface area contributed by atoms with Gasteiger partial charge >= 0.3 is 12.4 Å². The van der Waals surface area contributed by atoms with Crippen LogP contribution in [0.25, 0.3) is 16.8 Å². The summed E-state index contributed by atoms with van der Waals surface area (Å²) in [6.45, 7) is 8.14. The summed E-state index contributed by atoms with van der Waals surface area (Å²) in [6.07, 6.45) is -6.65. The number of halogens is 6. The average Bonchev–Trinajstić information content (AvgIpc) is 3.43. The quantitative estimate of drug-likeness (QED) is 0.199. The summed E-state index contributed by atoms with van der Waals surface area (Å²) in [5, 5.41) is 10.9. The van der Waals surface area contributed by atoms with Crippen LogP contribution >= 0.6 is 0 Å². The first-order chi connectivity index (χ1) is 20.4. The van der Waals surface area contributed by atoms with Crippen molar-refractivity contribution in [3.05, 3.63) is 114 Å². The van der Waals surface area contributed by atoms with Gasteiger partial charge in [-0.1, -0.05) is 81.1 Å². The van der Waals surface area contributed by atoms with Crippen LogP contribution in [0.3, 0.4) is 0 Å². The summed E-state index contributed by atoms with van der Waals surface area (Å²) >= 11 is 0. The number of alkyl halides is 6. The van der Waals surface area contributed by atoms with Gasteiger partial charge in [0, 0.05) is 12.1 Å². The molecule has 4 aromatic rings. The molecule has 0 saturated heterocycles. The standard InChI is InChI=1S/C33H32F6N4/c1-4-31(5-2,25-15-9-13-23(17-25)24-14-10-16-26(18-24)32(34,35)36)42-21(3)27-20-40-43-29(33(37,38)39)19-28(41-30(27)43)22-11-7-6-8-12-22/h6-18,20,28-29,41-42H,3-5,19H2,1-2H3. The molecule has 0 bridgehead atoms. The van der Waals surface area contributed by atoms with Crippen molar-refractivity contribution in [1.29, 1.82) is 0 Å². The summed E-state index contributed by atoms with van der Waals surface area (Å²) < 4.78 is 83.7. The van der Waals surface area contributed by atoms with E-state index in [1.807, 2.05) is 32.0 Å². The van der Waals surface area contributed by atoms with Crippen molar-refractivity contribution in [3.8, 4) is 11.1 Å². The van der Waals surface area contributed by atoms with Crippen LogP contribution in [-0.2, 0) is 11.7 Å². The molecule has 4 nitrogen and oxygen atoms in total. The predicted molar refractivity (Wildman–Crippen MR) is 156 cm³/mol. The highest BCUT2D eigenvalue weighted by molar-refractivity contribution is 5.73. The Kier molecular flexibility index (Phi) is 8.07. The van der Waals surface area contributed by atoms with Gasteiger partial charge in [0.2, 0.25) is 0 Å². The van der Waals surface area contributed by atoms with Crippen LogP contribution in [0.5, 0.6) is 0 Å². The van der Waals surface area contributed by atoms with E-state index in [4.69, 9.17) is 0 Å². The number of hydrogen-bond acceptors (Lipinski definition) is 3. The summed E-state index contributed by atoms with van der Waals surface area (Å²) in [5.74, 6) is 0.221. The number of fused-ring (bicyclic) bond motifs is 1. The lowest BCUT2D eigenvalue weighted by Crippen LogP contribution is -2.40. The largest absolute Gasteiger partial charge is 0.416 e. The Bertz CT molecular complexity index is 1580. The molecule has 2 atom stereocenters. The third kappa shape index (κ3) is 6.00. The Hall–Kier alpha value is -4.21. The van der Waals surface area contributed by atoms with Crippen molar-refractivity contribution in [2.75, 3.05) is 5.32 Å². The van der Waals surface area contributed by atoms with E-state index in [1.54, 1.807) is 42.5 Å². The van der Waals surface area contributed by atoms with Gasteiger partial charge in [-0.2, -0.15) is 31.4 Å². The number of nitrogens with zero attached hydrogens (tertiary/aromatic N) is 2. The van der Waals surface area contributed by atoms with E-state index < -0.39 is 35.5 Å². The SMILES string of the molecule is C=C(NC(CC)(CC)c1cccc(-c2cccc(C(F)(F)F)c2)c1)c1cnn2c1NC(c1ccccc1)CC2C(F)(F)F. The van der Waals surface area contributed by atoms with Gasteiger partial charge in [-0.3, -0.25) is 0 Å². The van der Waals surface area contributed by atoms with Gasteiger partial charge in [0.25, 0.3) is 0 Å². The van der Waals surface area contributed by atoms with Gasteiger partial charge in [0.05, 0.1) is 28.9 Å². The Balaban J connectivity index is 1.49. The van der Waals surface area contributed by atoms with Crippen LogP contribution in [0.2, 0.25) is 0 Å². The van der Waals surface area contributed by atoms with Crippen molar-refractivity contribution < 1.29 is 26.3 Å². The van der Waals surface area contributed by atoms with E-state index in [9.17, 15) is 26.3 Å². The number of nitrogens with one attached hydrogen (secondary N) is 2. The minimum absolute atomic E-state index is 0.211. The monoisotopic (exact) mass is 598 g/mol. The highest BCUT2D eigenvalue weighted by Crippen LogP contribution is 2.45. The van der Waals surface area contributed by atoms with Crippen LogP contribution in [-0.4, -0.2) is 16.0 Å². The first-order valence-corrected chi connectivity index (χ1v) is 14.1. The Morgan fingerprint density at radius 2 is 1.49 bits per heavy atom. The molecule has 0 amide bonds. The highest BCUT2D eigenvalue weighted by atomic mass is 19.4. The predicted octanol–water partition coefficient (Wildman–Crippen LogP) is 9.50. The van der Waals surface area contributed by atoms with Crippen LogP contribution in [0.15, 0.2) is 91.6 Å². The fraction of sp³-hybridized carbons (Fsp3) is 0.303. The minimum atomic E-state index is -4.51. The molecule has 43 heavy (non-hydrogen) atoms. The van der Waals surface area contributed by atoms with E-state index in [0.29, 0.717) is 35.2 Å². The van der Waals surface area contributed by atoms with Crippen LogP contribution in [0.4, 0.5) is 32.2 Å². The number of benzene rings is 3. The molecule has 0 saturated carbocycles. The molecule has 2 heterocycles. The third-order valence-electron chi connectivity index (χ3n) is 8.30. The minimum Gasteiger partial charge on any atom is -0.375 e. The third-order valence-corrected chi connectivity index (χ3v) is 8.30. The second kappa shape index (κ2) is 11.5. The molecule has 2 unspecified atom stereocenters. The zero-order valence-electron chi connectivity index (χ0n) is 23.7. The summed E-state index contributed by atoms with van der Waals surface area (Å²) in [5.41, 5.74) is 1.95. The van der Waals surface area contributed by atoms with Crippen LogP contribution in [0.1, 0.15) is 67.4 Å². The highest BCUT2D eigenvalue weighted by Gasteiger charge is 2.47. The molecule has 5 rings (SSSR count). The van der Waals surface area contributed by atoms with Crippen LogP contribution < -0.4 is 10.6 Å². The van der Waals surface area contributed by atoms with Gasteiger partial charge in [-0.25, -0.2) is 4.68 Å². The average molecular weight is 599 g/mol. The Morgan fingerprint density at radius 3 is 2.07 bits per heavy atom. The lowest BCUT2D eigenvalue weighted by atomic mass is 9.82. The van der Waals surface area contributed by atoms with Crippen molar-refractivity contribution in [2.24, 2.45) is 0 Å². The maximum absolute atomic E-state index is 14.2. The normalized spacial score (nSPS) is 17.2. The molecular formula is C33H32F6N4. The van der Waals surface area contributed by atoms with E-state index >= 15 is 0 Å². The van der Waals surface area contributed by atoms with Gasteiger partial charge < -0.3 is 10.6 Å².